The first-order valence-electron chi connectivity index (χ1n) is 9.65. The molecule has 0 radical (unpaired) electrons. The van der Waals surface area contributed by atoms with Gasteiger partial charge in [0.1, 0.15) is 5.82 Å². The third kappa shape index (κ3) is 5.77. The molecule has 5 heteroatoms. The molecule has 26 heavy (non-hydrogen) atoms. The molecule has 1 N–H and O–H groups in total. The van der Waals surface area contributed by atoms with Gasteiger partial charge in [0.15, 0.2) is 0 Å². The molecule has 2 aromatic heterocycles. The summed E-state index contributed by atoms with van der Waals surface area (Å²) in [5, 5.41) is 8.91. The highest BCUT2D eigenvalue weighted by molar-refractivity contribution is 5.21. The minimum Gasteiger partial charge on any atom is -0.477 e. The van der Waals surface area contributed by atoms with Crippen molar-refractivity contribution in [2.75, 3.05) is 6.61 Å². The Balaban J connectivity index is 0.000000236. The van der Waals surface area contributed by atoms with E-state index in [9.17, 15) is 0 Å². The lowest BCUT2D eigenvalue weighted by molar-refractivity contribution is 0.130. The summed E-state index contributed by atoms with van der Waals surface area (Å²) >= 11 is 0. The largest absolute Gasteiger partial charge is 0.477 e. The van der Waals surface area contributed by atoms with Crippen LogP contribution in [0.4, 0.5) is 0 Å². The molecule has 0 aromatic carbocycles. The number of aryl methyl sites for hydroxylation is 2. The lowest BCUT2D eigenvalue weighted by Crippen LogP contribution is -2.09. The molecule has 2 aliphatic rings. The lowest BCUT2D eigenvalue weighted by Gasteiger charge is -2.14. The summed E-state index contributed by atoms with van der Waals surface area (Å²) in [4.78, 5) is 12.8. The lowest BCUT2D eigenvalue weighted by atomic mass is 9.98. The summed E-state index contributed by atoms with van der Waals surface area (Å²) in [6, 6.07) is 6.04. The van der Waals surface area contributed by atoms with Crippen molar-refractivity contribution in [3.63, 3.8) is 0 Å². The fraction of sp³-hybridized carbons (Fsp3) is 0.571. The summed E-state index contributed by atoms with van der Waals surface area (Å²) in [5.74, 6) is 2.51. The zero-order valence-corrected chi connectivity index (χ0v) is 15.8. The van der Waals surface area contributed by atoms with Crippen LogP contribution in [-0.2, 0) is 0 Å². The van der Waals surface area contributed by atoms with Crippen LogP contribution in [0.25, 0.3) is 0 Å². The van der Waals surface area contributed by atoms with Gasteiger partial charge in [-0.05, 0) is 44.7 Å². The van der Waals surface area contributed by atoms with Crippen molar-refractivity contribution in [2.24, 2.45) is 5.92 Å². The van der Waals surface area contributed by atoms with E-state index in [2.05, 4.69) is 34.0 Å². The summed E-state index contributed by atoms with van der Waals surface area (Å²) in [6.07, 6.45) is 10.7. The van der Waals surface area contributed by atoms with Crippen LogP contribution in [-0.4, -0.2) is 32.8 Å². The summed E-state index contributed by atoms with van der Waals surface area (Å²) in [6.45, 7) is 4.63. The molecule has 140 valence electrons. The van der Waals surface area contributed by atoms with E-state index < -0.39 is 0 Å². The molecule has 2 unspecified atom stereocenters. The van der Waals surface area contributed by atoms with Crippen molar-refractivity contribution in [2.45, 2.75) is 64.4 Å². The maximum atomic E-state index is 8.91. The first kappa shape index (κ1) is 18.8. The number of rotatable bonds is 4. The fourth-order valence-electron chi connectivity index (χ4n) is 3.28. The molecule has 0 amide bonds. The molecule has 0 saturated heterocycles. The van der Waals surface area contributed by atoms with Crippen LogP contribution in [0.15, 0.2) is 30.6 Å². The predicted molar refractivity (Wildman–Crippen MR) is 101 cm³/mol. The van der Waals surface area contributed by atoms with E-state index in [1.165, 1.54) is 30.5 Å². The van der Waals surface area contributed by atoms with Gasteiger partial charge in [-0.15, -0.1) is 0 Å². The van der Waals surface area contributed by atoms with Gasteiger partial charge in [0.25, 0.3) is 0 Å². The molecule has 4 rings (SSSR count). The van der Waals surface area contributed by atoms with Gasteiger partial charge in [-0.2, -0.15) is 4.98 Å². The van der Waals surface area contributed by atoms with Crippen molar-refractivity contribution in [3.8, 4) is 5.88 Å². The quantitative estimate of drug-likeness (QED) is 0.898. The molecule has 2 aromatic rings. The van der Waals surface area contributed by atoms with E-state index in [1.54, 1.807) is 12.3 Å². The Kier molecular flexibility index (Phi) is 6.56. The Morgan fingerprint density at radius 1 is 1.08 bits per heavy atom. The van der Waals surface area contributed by atoms with E-state index in [0.717, 1.165) is 25.1 Å². The van der Waals surface area contributed by atoms with E-state index in [4.69, 9.17) is 9.84 Å². The molecule has 2 atom stereocenters. The van der Waals surface area contributed by atoms with Crippen molar-refractivity contribution in [3.05, 3.63) is 47.7 Å². The Morgan fingerprint density at radius 3 is 2.50 bits per heavy atom. The molecular weight excluding hydrogens is 326 g/mol. The van der Waals surface area contributed by atoms with Gasteiger partial charge in [-0.1, -0.05) is 25.3 Å². The van der Waals surface area contributed by atoms with Gasteiger partial charge in [0.05, 0.1) is 12.7 Å². The summed E-state index contributed by atoms with van der Waals surface area (Å²) in [5.41, 5.74) is 2.38. The van der Waals surface area contributed by atoms with Crippen LogP contribution in [0.5, 0.6) is 5.88 Å². The number of aromatic nitrogens is 3. The number of aliphatic hydroxyl groups is 1. The molecule has 2 fully saturated rings. The SMILES string of the molecule is Cc1ccc(C2CC2COc2ccnc(C)n2)nc1.OC1CCCCC1. The smallest absolute Gasteiger partial charge is 0.216 e. The average Bonchev–Trinajstić information content (AvgIpc) is 3.42. The van der Waals surface area contributed by atoms with Gasteiger partial charge in [-0.25, -0.2) is 4.98 Å². The molecule has 0 aliphatic heterocycles. The maximum absolute atomic E-state index is 8.91. The number of hydrogen-bond acceptors (Lipinski definition) is 5. The number of hydrogen-bond donors (Lipinski definition) is 1. The third-order valence-electron chi connectivity index (χ3n) is 5.01. The number of aliphatic hydroxyl groups excluding tert-OH is 1. The van der Waals surface area contributed by atoms with Crippen molar-refractivity contribution in [1.29, 1.82) is 0 Å². The van der Waals surface area contributed by atoms with Gasteiger partial charge >= 0.3 is 0 Å². The van der Waals surface area contributed by atoms with E-state index in [0.29, 0.717) is 24.3 Å². The molecule has 2 heterocycles. The summed E-state index contributed by atoms with van der Waals surface area (Å²) < 4.78 is 5.71. The first-order chi connectivity index (χ1) is 12.6. The zero-order valence-electron chi connectivity index (χ0n) is 15.8. The highest BCUT2D eigenvalue weighted by Crippen LogP contribution is 2.46. The maximum Gasteiger partial charge on any atom is 0.216 e. The van der Waals surface area contributed by atoms with Gasteiger partial charge in [0.2, 0.25) is 5.88 Å². The molecule has 2 saturated carbocycles. The Hall–Kier alpha value is -2.01. The highest BCUT2D eigenvalue weighted by Gasteiger charge is 2.39. The topological polar surface area (TPSA) is 68.1 Å². The van der Waals surface area contributed by atoms with Crippen molar-refractivity contribution < 1.29 is 9.84 Å². The van der Waals surface area contributed by atoms with Crippen molar-refractivity contribution >= 4 is 0 Å². The monoisotopic (exact) mass is 355 g/mol. The average molecular weight is 355 g/mol. The second-order valence-electron chi connectivity index (χ2n) is 7.41. The van der Waals surface area contributed by atoms with Gasteiger partial charge in [0, 0.05) is 36.0 Å². The highest BCUT2D eigenvalue weighted by atomic mass is 16.5. The van der Waals surface area contributed by atoms with Crippen molar-refractivity contribution in [1.82, 2.24) is 15.0 Å². The predicted octanol–water partition coefficient (Wildman–Crippen LogP) is 3.98. The zero-order chi connectivity index (χ0) is 18.4. The van der Waals surface area contributed by atoms with Crippen LogP contribution in [0.3, 0.4) is 0 Å². The molecule has 2 aliphatic carbocycles. The molecule has 0 spiro atoms. The minimum atomic E-state index is 0.0359. The molecule has 5 nitrogen and oxygen atoms in total. The standard InChI is InChI=1S/C15H17N3O.C6H12O/c1-10-3-4-14(17-8-10)13-7-12(13)9-19-15-5-6-16-11(2)18-15;7-6-4-2-1-3-5-6/h3-6,8,12-13H,7,9H2,1-2H3;6-7H,1-5H2. The number of nitrogens with zero attached hydrogens (tertiary/aromatic N) is 3. The van der Waals surface area contributed by atoms with E-state index in [-0.39, 0.29) is 6.10 Å². The van der Waals surface area contributed by atoms with Gasteiger partial charge < -0.3 is 9.84 Å². The van der Waals surface area contributed by atoms with Gasteiger partial charge in [-0.3, -0.25) is 4.98 Å². The fourth-order valence-corrected chi connectivity index (χ4v) is 3.28. The molecule has 0 bridgehead atoms. The van der Waals surface area contributed by atoms with Crippen LogP contribution in [0.2, 0.25) is 0 Å². The van der Waals surface area contributed by atoms with Crippen LogP contribution in [0, 0.1) is 19.8 Å². The van der Waals surface area contributed by atoms with Crippen LogP contribution < -0.4 is 4.74 Å². The Labute approximate surface area is 155 Å². The summed E-state index contributed by atoms with van der Waals surface area (Å²) in [7, 11) is 0. The third-order valence-corrected chi connectivity index (χ3v) is 5.01. The second-order valence-corrected chi connectivity index (χ2v) is 7.41. The number of pyridine rings is 1. The van der Waals surface area contributed by atoms with E-state index in [1.807, 2.05) is 13.1 Å². The Morgan fingerprint density at radius 2 is 1.88 bits per heavy atom. The molecular formula is C21H29N3O2. The van der Waals surface area contributed by atoms with Crippen LogP contribution >= 0.6 is 0 Å². The second kappa shape index (κ2) is 9.08. The van der Waals surface area contributed by atoms with Crippen LogP contribution in [0.1, 0.15) is 61.5 Å². The Bertz CT molecular complexity index is 684. The normalized spacial score (nSPS) is 22.3. The van der Waals surface area contributed by atoms with E-state index >= 15 is 0 Å². The minimum absolute atomic E-state index is 0.0359. The number of ether oxygens (including phenoxy) is 1. The first-order valence-corrected chi connectivity index (χ1v) is 9.65.